The molecule has 0 heterocycles. The number of rotatable bonds is 5. The van der Waals surface area contributed by atoms with E-state index >= 15 is 0 Å². The van der Waals surface area contributed by atoms with Crippen LogP contribution in [0.3, 0.4) is 0 Å². The van der Waals surface area contributed by atoms with Gasteiger partial charge < -0.3 is 5.32 Å². The van der Waals surface area contributed by atoms with Gasteiger partial charge in [-0.3, -0.25) is 0 Å². The van der Waals surface area contributed by atoms with Gasteiger partial charge in [0.05, 0.1) is 0 Å². The van der Waals surface area contributed by atoms with Crippen LogP contribution in [-0.2, 0) is 0 Å². The Balaban J connectivity index is 3.60. The van der Waals surface area contributed by atoms with E-state index in [1.54, 1.807) is 0 Å². The third-order valence-corrected chi connectivity index (χ3v) is 1.60. The SMILES string of the molecule is C=CCCC(NC)C(=C)C. The topological polar surface area (TPSA) is 12.0 Å². The van der Waals surface area contributed by atoms with Crippen molar-refractivity contribution in [3.8, 4) is 0 Å². The van der Waals surface area contributed by atoms with E-state index in [9.17, 15) is 0 Å². The second-order valence-corrected chi connectivity index (χ2v) is 2.55. The summed E-state index contributed by atoms with van der Waals surface area (Å²) in [5, 5.41) is 3.19. The molecule has 0 rings (SSSR count). The van der Waals surface area contributed by atoms with Crippen LogP contribution in [0.4, 0.5) is 0 Å². The molecule has 0 spiro atoms. The first-order valence-electron chi connectivity index (χ1n) is 3.66. The molecule has 0 aliphatic carbocycles. The first kappa shape index (κ1) is 9.44. The zero-order valence-corrected chi connectivity index (χ0v) is 6.98. The Hall–Kier alpha value is -0.560. The molecule has 0 aromatic heterocycles. The van der Waals surface area contributed by atoms with Crippen molar-refractivity contribution in [1.29, 1.82) is 0 Å². The van der Waals surface area contributed by atoms with Crippen molar-refractivity contribution in [2.45, 2.75) is 25.8 Å². The van der Waals surface area contributed by atoms with Gasteiger partial charge >= 0.3 is 0 Å². The summed E-state index contributed by atoms with van der Waals surface area (Å²) in [5.74, 6) is 0. The minimum Gasteiger partial charge on any atom is -0.313 e. The average molecular weight is 139 g/mol. The molecule has 0 aromatic carbocycles. The summed E-state index contributed by atoms with van der Waals surface area (Å²) in [6.07, 6.45) is 4.10. The summed E-state index contributed by atoms with van der Waals surface area (Å²) in [4.78, 5) is 0. The summed E-state index contributed by atoms with van der Waals surface area (Å²) >= 11 is 0. The number of likely N-dealkylation sites (N-methyl/N-ethyl adjacent to an activating group) is 1. The molecule has 58 valence electrons. The molecule has 1 heteroatoms. The van der Waals surface area contributed by atoms with Crippen molar-refractivity contribution < 1.29 is 0 Å². The fourth-order valence-corrected chi connectivity index (χ4v) is 0.922. The molecule has 1 atom stereocenters. The fraction of sp³-hybridized carbons (Fsp3) is 0.556. The number of allylic oxidation sites excluding steroid dienone is 1. The predicted molar refractivity (Wildman–Crippen MR) is 47.1 cm³/mol. The maximum atomic E-state index is 3.88. The summed E-state index contributed by atoms with van der Waals surface area (Å²) < 4.78 is 0. The lowest BCUT2D eigenvalue weighted by atomic mass is 10.1. The van der Waals surface area contributed by atoms with Crippen molar-refractivity contribution in [3.05, 3.63) is 24.8 Å². The van der Waals surface area contributed by atoms with E-state index in [-0.39, 0.29) is 0 Å². The second-order valence-electron chi connectivity index (χ2n) is 2.55. The van der Waals surface area contributed by atoms with Crippen LogP contribution in [0.1, 0.15) is 19.8 Å². The lowest BCUT2D eigenvalue weighted by molar-refractivity contribution is 0.595. The Morgan fingerprint density at radius 1 is 1.70 bits per heavy atom. The van der Waals surface area contributed by atoms with Gasteiger partial charge in [-0.1, -0.05) is 18.2 Å². The van der Waals surface area contributed by atoms with Crippen molar-refractivity contribution >= 4 is 0 Å². The highest BCUT2D eigenvalue weighted by Gasteiger charge is 2.03. The number of hydrogen-bond donors (Lipinski definition) is 1. The monoisotopic (exact) mass is 139 g/mol. The van der Waals surface area contributed by atoms with E-state index in [2.05, 4.69) is 18.5 Å². The van der Waals surface area contributed by atoms with E-state index in [1.165, 1.54) is 5.57 Å². The summed E-state index contributed by atoms with van der Waals surface area (Å²) in [5.41, 5.74) is 1.20. The van der Waals surface area contributed by atoms with Crippen LogP contribution in [0.5, 0.6) is 0 Å². The predicted octanol–water partition coefficient (Wildman–Crippen LogP) is 2.12. The highest BCUT2D eigenvalue weighted by molar-refractivity contribution is 5.01. The summed E-state index contributed by atoms with van der Waals surface area (Å²) in [7, 11) is 1.96. The summed E-state index contributed by atoms with van der Waals surface area (Å²) in [6, 6.07) is 0.456. The quantitative estimate of drug-likeness (QED) is 0.575. The maximum Gasteiger partial charge on any atom is 0.0274 e. The van der Waals surface area contributed by atoms with Gasteiger partial charge in [-0.25, -0.2) is 0 Å². The molecular weight excluding hydrogens is 122 g/mol. The molecule has 1 N–H and O–H groups in total. The highest BCUT2D eigenvalue weighted by atomic mass is 14.9. The Bertz CT molecular complexity index is 116. The van der Waals surface area contributed by atoms with Crippen molar-refractivity contribution in [3.63, 3.8) is 0 Å². The zero-order valence-electron chi connectivity index (χ0n) is 6.98. The minimum atomic E-state index is 0.456. The third kappa shape index (κ3) is 3.46. The molecule has 10 heavy (non-hydrogen) atoms. The third-order valence-electron chi connectivity index (χ3n) is 1.60. The van der Waals surface area contributed by atoms with Crippen LogP contribution in [0.25, 0.3) is 0 Å². The smallest absolute Gasteiger partial charge is 0.0274 e. The summed E-state index contributed by atoms with van der Waals surface area (Å²) in [6.45, 7) is 9.60. The Kier molecular flexibility index (Phi) is 4.95. The number of nitrogens with one attached hydrogen (secondary N) is 1. The van der Waals surface area contributed by atoms with Gasteiger partial charge in [-0.05, 0) is 26.8 Å². The minimum absolute atomic E-state index is 0.456. The van der Waals surface area contributed by atoms with Crippen LogP contribution in [0, 0.1) is 0 Å². The van der Waals surface area contributed by atoms with Gasteiger partial charge in [0.2, 0.25) is 0 Å². The molecule has 0 fully saturated rings. The van der Waals surface area contributed by atoms with E-state index in [0.29, 0.717) is 6.04 Å². The molecule has 1 nitrogen and oxygen atoms in total. The highest BCUT2D eigenvalue weighted by Crippen LogP contribution is 2.05. The van der Waals surface area contributed by atoms with Crippen molar-refractivity contribution in [1.82, 2.24) is 5.32 Å². The Morgan fingerprint density at radius 2 is 2.30 bits per heavy atom. The van der Waals surface area contributed by atoms with Crippen LogP contribution >= 0.6 is 0 Å². The van der Waals surface area contributed by atoms with Gasteiger partial charge in [0.15, 0.2) is 0 Å². The van der Waals surface area contributed by atoms with E-state index < -0.39 is 0 Å². The van der Waals surface area contributed by atoms with Gasteiger partial charge in [0.25, 0.3) is 0 Å². The maximum absolute atomic E-state index is 3.88. The normalized spacial score (nSPS) is 12.6. The molecule has 0 amide bonds. The van der Waals surface area contributed by atoms with Crippen LogP contribution < -0.4 is 5.32 Å². The molecule has 0 saturated carbocycles. The van der Waals surface area contributed by atoms with E-state index in [0.717, 1.165) is 12.8 Å². The molecule has 0 aromatic rings. The standard InChI is InChI=1S/C9H17N/c1-5-6-7-9(10-4)8(2)3/h5,9-10H,1-2,6-7H2,3-4H3. The molecule has 1 unspecified atom stereocenters. The fourth-order valence-electron chi connectivity index (χ4n) is 0.922. The van der Waals surface area contributed by atoms with E-state index in [1.807, 2.05) is 20.0 Å². The molecule has 0 bridgehead atoms. The first-order valence-corrected chi connectivity index (χ1v) is 3.66. The molecule has 0 saturated heterocycles. The van der Waals surface area contributed by atoms with Gasteiger partial charge in [0, 0.05) is 6.04 Å². The lowest BCUT2D eigenvalue weighted by Crippen LogP contribution is -2.25. The van der Waals surface area contributed by atoms with Crippen LogP contribution in [0.2, 0.25) is 0 Å². The molecular formula is C9H17N. The van der Waals surface area contributed by atoms with E-state index in [4.69, 9.17) is 0 Å². The van der Waals surface area contributed by atoms with Crippen LogP contribution in [0.15, 0.2) is 24.8 Å². The Labute approximate surface area is 63.8 Å². The largest absolute Gasteiger partial charge is 0.313 e. The molecule has 0 radical (unpaired) electrons. The number of hydrogen-bond acceptors (Lipinski definition) is 1. The van der Waals surface area contributed by atoms with Gasteiger partial charge in [-0.2, -0.15) is 0 Å². The Morgan fingerprint density at radius 3 is 2.60 bits per heavy atom. The van der Waals surface area contributed by atoms with Gasteiger partial charge in [-0.15, -0.1) is 6.58 Å². The molecule has 0 aliphatic rings. The lowest BCUT2D eigenvalue weighted by Gasteiger charge is -2.14. The van der Waals surface area contributed by atoms with Gasteiger partial charge in [0.1, 0.15) is 0 Å². The average Bonchev–Trinajstić information content (AvgIpc) is 1.89. The zero-order chi connectivity index (χ0) is 7.98. The molecule has 0 aliphatic heterocycles. The van der Waals surface area contributed by atoms with Crippen molar-refractivity contribution in [2.24, 2.45) is 0 Å². The van der Waals surface area contributed by atoms with Crippen LogP contribution in [-0.4, -0.2) is 13.1 Å². The second kappa shape index (κ2) is 5.24. The first-order chi connectivity index (χ1) is 4.72. The van der Waals surface area contributed by atoms with Crippen molar-refractivity contribution in [2.75, 3.05) is 7.05 Å².